The van der Waals surface area contributed by atoms with E-state index < -0.39 is 37.3 Å². The lowest BCUT2D eigenvalue weighted by atomic mass is 9.85. The third-order valence-electron chi connectivity index (χ3n) is 4.15. The Morgan fingerprint density at radius 2 is 1.90 bits per heavy atom. The number of rotatable bonds is 4. The number of nitrogens with zero attached hydrogens (tertiary/aromatic N) is 1. The van der Waals surface area contributed by atoms with Crippen molar-refractivity contribution in [3.63, 3.8) is 0 Å². The summed E-state index contributed by atoms with van der Waals surface area (Å²) in [4.78, 5) is 24.6. The first kappa shape index (κ1) is 16.1. The summed E-state index contributed by atoms with van der Waals surface area (Å²) in [7, 11) is 0. The van der Waals surface area contributed by atoms with Gasteiger partial charge in [0.15, 0.2) is 0 Å². The zero-order valence-corrected chi connectivity index (χ0v) is 11.4. The highest BCUT2D eigenvalue weighted by atomic mass is 19.4. The number of hydrogen-bond acceptors (Lipinski definition) is 3. The molecule has 1 saturated heterocycles. The van der Waals surface area contributed by atoms with E-state index in [-0.39, 0.29) is 12.0 Å². The number of carboxylic acids is 1. The standard InChI is InChI=1S/C13H18F3NO4/c14-13(15,16)7-21-6-11(18)17-9-4-2-1-3-8(9)5-10(17)12(19)20/h8-10H,1-7H2,(H,19,20)/t8-,9+,10+/m1/s1. The number of halogens is 3. The SMILES string of the molecule is O=C(O)[C@@H]1C[C@H]2CCCC[C@@H]2N1C(=O)COCC(F)(F)F. The monoisotopic (exact) mass is 309 g/mol. The second-order valence-electron chi connectivity index (χ2n) is 5.61. The number of carboxylic acid groups (broad SMARTS) is 1. The highest BCUT2D eigenvalue weighted by Crippen LogP contribution is 2.39. The van der Waals surface area contributed by atoms with E-state index in [0.29, 0.717) is 12.8 Å². The molecule has 21 heavy (non-hydrogen) atoms. The Morgan fingerprint density at radius 3 is 2.52 bits per heavy atom. The topological polar surface area (TPSA) is 66.8 Å². The van der Waals surface area contributed by atoms with Gasteiger partial charge in [-0.05, 0) is 25.2 Å². The fraction of sp³-hybridized carbons (Fsp3) is 0.846. The zero-order chi connectivity index (χ0) is 15.6. The van der Waals surface area contributed by atoms with E-state index in [2.05, 4.69) is 4.74 Å². The van der Waals surface area contributed by atoms with Gasteiger partial charge in [-0.15, -0.1) is 0 Å². The molecule has 0 spiro atoms. The first-order valence-electron chi connectivity index (χ1n) is 6.98. The molecule has 2 fully saturated rings. The molecule has 0 unspecified atom stereocenters. The molecular formula is C13H18F3NO4. The predicted octanol–water partition coefficient (Wildman–Crippen LogP) is 1.81. The minimum Gasteiger partial charge on any atom is -0.480 e. The van der Waals surface area contributed by atoms with Gasteiger partial charge in [0.1, 0.15) is 19.3 Å². The molecule has 0 aromatic heterocycles. The Balaban J connectivity index is 2.00. The van der Waals surface area contributed by atoms with E-state index in [9.17, 15) is 27.9 Å². The molecule has 1 saturated carbocycles. The van der Waals surface area contributed by atoms with Crippen molar-refractivity contribution < 1.29 is 32.6 Å². The summed E-state index contributed by atoms with van der Waals surface area (Å²) in [6, 6.07) is -1.12. The van der Waals surface area contributed by atoms with Gasteiger partial charge in [-0.25, -0.2) is 4.79 Å². The Kier molecular flexibility index (Phi) is 4.75. The number of amides is 1. The third kappa shape index (κ3) is 3.87. The Morgan fingerprint density at radius 1 is 1.24 bits per heavy atom. The lowest BCUT2D eigenvalue weighted by Crippen LogP contribution is -2.47. The molecule has 1 aliphatic heterocycles. The molecule has 0 bridgehead atoms. The Labute approximate surface area is 120 Å². The van der Waals surface area contributed by atoms with E-state index in [4.69, 9.17) is 0 Å². The van der Waals surface area contributed by atoms with E-state index in [1.165, 1.54) is 4.90 Å². The minimum atomic E-state index is -4.50. The number of hydrogen-bond donors (Lipinski definition) is 1. The minimum absolute atomic E-state index is 0.131. The number of carbonyl (C=O) groups excluding carboxylic acids is 1. The molecule has 1 amide bonds. The molecule has 1 N–H and O–H groups in total. The van der Waals surface area contributed by atoms with Gasteiger partial charge in [-0.2, -0.15) is 13.2 Å². The van der Waals surface area contributed by atoms with E-state index in [1.807, 2.05) is 0 Å². The van der Waals surface area contributed by atoms with Crippen molar-refractivity contribution in [1.29, 1.82) is 0 Å². The molecule has 120 valence electrons. The summed E-state index contributed by atoms with van der Waals surface area (Å²) in [6.45, 7) is -2.23. The van der Waals surface area contributed by atoms with Crippen LogP contribution in [0, 0.1) is 5.92 Å². The van der Waals surface area contributed by atoms with Crippen LogP contribution in [0.15, 0.2) is 0 Å². The average Bonchev–Trinajstić information content (AvgIpc) is 2.76. The Bertz CT molecular complexity index is 413. The highest BCUT2D eigenvalue weighted by molar-refractivity contribution is 5.85. The van der Waals surface area contributed by atoms with Crippen LogP contribution in [0.2, 0.25) is 0 Å². The summed E-state index contributed by atoms with van der Waals surface area (Å²) >= 11 is 0. The van der Waals surface area contributed by atoms with Crippen LogP contribution in [0.3, 0.4) is 0 Å². The van der Waals surface area contributed by atoms with Gasteiger partial charge in [0, 0.05) is 6.04 Å². The van der Waals surface area contributed by atoms with Crippen LogP contribution < -0.4 is 0 Å². The molecule has 2 rings (SSSR count). The van der Waals surface area contributed by atoms with Gasteiger partial charge in [-0.1, -0.05) is 12.8 Å². The van der Waals surface area contributed by atoms with Crippen molar-refractivity contribution in [2.75, 3.05) is 13.2 Å². The molecule has 1 aliphatic carbocycles. The summed E-state index contributed by atoms with van der Waals surface area (Å²) in [5.74, 6) is -1.64. The van der Waals surface area contributed by atoms with Crippen LogP contribution in [0.4, 0.5) is 13.2 Å². The van der Waals surface area contributed by atoms with Crippen molar-refractivity contribution in [1.82, 2.24) is 4.90 Å². The number of carbonyl (C=O) groups is 2. The molecular weight excluding hydrogens is 291 g/mol. The maximum atomic E-state index is 12.1. The maximum absolute atomic E-state index is 12.1. The molecule has 0 aromatic carbocycles. The molecule has 5 nitrogen and oxygen atoms in total. The fourth-order valence-corrected chi connectivity index (χ4v) is 3.37. The van der Waals surface area contributed by atoms with E-state index in [0.717, 1.165) is 19.3 Å². The number of alkyl halides is 3. The van der Waals surface area contributed by atoms with Gasteiger partial charge in [0.25, 0.3) is 0 Å². The second kappa shape index (κ2) is 6.21. The van der Waals surface area contributed by atoms with E-state index in [1.54, 1.807) is 0 Å². The molecule has 2 aliphatic rings. The number of ether oxygens (including phenoxy) is 1. The van der Waals surface area contributed by atoms with Crippen LogP contribution in [0.25, 0.3) is 0 Å². The summed E-state index contributed by atoms with van der Waals surface area (Å²) in [6.07, 6.45) is -0.641. The lowest BCUT2D eigenvalue weighted by Gasteiger charge is -2.32. The molecule has 1 heterocycles. The van der Waals surface area contributed by atoms with Crippen molar-refractivity contribution in [3.8, 4) is 0 Å². The van der Waals surface area contributed by atoms with E-state index >= 15 is 0 Å². The van der Waals surface area contributed by atoms with Crippen LogP contribution in [0.1, 0.15) is 32.1 Å². The van der Waals surface area contributed by atoms with Gasteiger partial charge in [-0.3, -0.25) is 4.79 Å². The smallest absolute Gasteiger partial charge is 0.411 e. The molecule has 8 heteroatoms. The van der Waals surface area contributed by atoms with Crippen molar-refractivity contribution in [2.45, 2.75) is 50.4 Å². The van der Waals surface area contributed by atoms with Gasteiger partial charge >= 0.3 is 12.1 Å². The largest absolute Gasteiger partial charge is 0.480 e. The number of likely N-dealkylation sites (tertiary alicyclic amines) is 1. The van der Waals surface area contributed by atoms with Gasteiger partial charge in [0.2, 0.25) is 5.91 Å². The van der Waals surface area contributed by atoms with Gasteiger partial charge in [0.05, 0.1) is 0 Å². The van der Waals surface area contributed by atoms with Crippen molar-refractivity contribution >= 4 is 11.9 Å². The first-order chi connectivity index (χ1) is 9.79. The maximum Gasteiger partial charge on any atom is 0.411 e. The van der Waals surface area contributed by atoms with Crippen LogP contribution in [-0.4, -0.2) is 53.4 Å². The zero-order valence-electron chi connectivity index (χ0n) is 11.4. The summed E-state index contributed by atoms with van der Waals surface area (Å²) in [5.41, 5.74) is 0. The lowest BCUT2D eigenvalue weighted by molar-refractivity contribution is -0.179. The third-order valence-corrected chi connectivity index (χ3v) is 4.15. The highest BCUT2D eigenvalue weighted by Gasteiger charge is 2.47. The quantitative estimate of drug-likeness (QED) is 0.860. The predicted molar refractivity (Wildman–Crippen MR) is 65.5 cm³/mol. The Hall–Kier alpha value is -1.31. The summed E-state index contributed by atoms with van der Waals surface area (Å²) < 4.78 is 40.4. The van der Waals surface area contributed by atoms with Crippen LogP contribution in [-0.2, 0) is 14.3 Å². The average molecular weight is 309 g/mol. The first-order valence-corrected chi connectivity index (χ1v) is 6.98. The van der Waals surface area contributed by atoms with Crippen molar-refractivity contribution in [2.24, 2.45) is 5.92 Å². The molecule has 0 aromatic rings. The molecule has 3 atom stereocenters. The second-order valence-corrected chi connectivity index (χ2v) is 5.61. The van der Waals surface area contributed by atoms with Crippen LogP contribution >= 0.6 is 0 Å². The number of fused-ring (bicyclic) bond motifs is 1. The molecule has 0 radical (unpaired) electrons. The van der Waals surface area contributed by atoms with Crippen molar-refractivity contribution in [3.05, 3.63) is 0 Å². The summed E-state index contributed by atoms with van der Waals surface area (Å²) in [5, 5.41) is 9.22. The van der Waals surface area contributed by atoms with Crippen LogP contribution in [0.5, 0.6) is 0 Å². The van der Waals surface area contributed by atoms with Gasteiger partial charge < -0.3 is 14.7 Å². The number of aliphatic carboxylic acids is 1. The normalized spacial score (nSPS) is 29.3. The fourth-order valence-electron chi connectivity index (χ4n) is 3.37.